The number of thiazole rings is 1. The van der Waals surface area contributed by atoms with Crippen molar-refractivity contribution in [3.8, 4) is 0 Å². The van der Waals surface area contributed by atoms with E-state index in [-0.39, 0.29) is 6.61 Å². The zero-order chi connectivity index (χ0) is 13.0. The molecular formula is C14H19NOS2. The minimum absolute atomic E-state index is 0.279. The Balaban J connectivity index is 1.92. The van der Waals surface area contributed by atoms with Crippen molar-refractivity contribution >= 4 is 33.3 Å². The number of hydrogen-bond acceptors (Lipinski definition) is 4. The lowest BCUT2D eigenvalue weighted by molar-refractivity contribution is 0.250. The highest BCUT2D eigenvalue weighted by Gasteiger charge is 2.10. The van der Waals surface area contributed by atoms with Crippen LogP contribution >= 0.6 is 23.1 Å². The molecule has 0 radical (unpaired) electrons. The molecule has 2 nitrogen and oxygen atoms in total. The highest BCUT2D eigenvalue weighted by molar-refractivity contribution is 7.99. The summed E-state index contributed by atoms with van der Waals surface area (Å²) >= 11 is 3.71. The van der Waals surface area contributed by atoms with Crippen LogP contribution in [-0.4, -0.2) is 27.7 Å². The van der Waals surface area contributed by atoms with Gasteiger partial charge in [-0.15, -0.1) is 11.3 Å². The minimum Gasteiger partial charge on any atom is -0.396 e. The summed E-state index contributed by atoms with van der Waals surface area (Å²) in [5, 5.41) is 10.8. The van der Waals surface area contributed by atoms with Crippen LogP contribution in [0.4, 0.5) is 0 Å². The van der Waals surface area contributed by atoms with Crippen LogP contribution in [0.25, 0.3) is 10.2 Å². The van der Waals surface area contributed by atoms with E-state index in [1.54, 1.807) is 11.3 Å². The molecule has 2 atom stereocenters. The molecule has 0 saturated heterocycles. The summed E-state index contributed by atoms with van der Waals surface area (Å²) in [7, 11) is 0. The fourth-order valence-corrected chi connectivity index (χ4v) is 3.93. The summed E-state index contributed by atoms with van der Waals surface area (Å²) in [6.45, 7) is 4.60. The molecule has 0 bridgehead atoms. The molecule has 1 aromatic heterocycles. The number of thioether (sulfide) groups is 1. The quantitative estimate of drug-likeness (QED) is 0.878. The molecule has 2 aromatic rings. The molecule has 1 heterocycles. The first-order chi connectivity index (χ1) is 8.69. The van der Waals surface area contributed by atoms with Crippen molar-refractivity contribution in [2.75, 3.05) is 12.4 Å². The van der Waals surface area contributed by atoms with Crippen molar-refractivity contribution in [1.82, 2.24) is 4.98 Å². The predicted molar refractivity (Wildman–Crippen MR) is 81.5 cm³/mol. The fourth-order valence-electron chi connectivity index (χ4n) is 1.69. The number of benzene rings is 1. The third kappa shape index (κ3) is 3.70. The van der Waals surface area contributed by atoms with Gasteiger partial charge in [0, 0.05) is 18.3 Å². The van der Waals surface area contributed by atoms with Crippen molar-refractivity contribution in [2.45, 2.75) is 25.5 Å². The lowest BCUT2D eigenvalue weighted by atomic mass is 10.2. The van der Waals surface area contributed by atoms with Crippen molar-refractivity contribution in [3.63, 3.8) is 0 Å². The van der Waals surface area contributed by atoms with Crippen molar-refractivity contribution in [1.29, 1.82) is 0 Å². The van der Waals surface area contributed by atoms with Gasteiger partial charge in [-0.1, -0.05) is 26.0 Å². The number of hydrogen-bond donors (Lipinski definition) is 1. The van der Waals surface area contributed by atoms with E-state index in [9.17, 15) is 0 Å². The van der Waals surface area contributed by atoms with Gasteiger partial charge < -0.3 is 5.11 Å². The molecule has 4 heteroatoms. The Morgan fingerprint density at radius 2 is 2.11 bits per heavy atom. The molecule has 18 heavy (non-hydrogen) atoms. The van der Waals surface area contributed by atoms with Gasteiger partial charge in [0.2, 0.25) is 0 Å². The second kappa shape index (κ2) is 6.55. The van der Waals surface area contributed by atoms with E-state index in [0.29, 0.717) is 11.2 Å². The summed E-state index contributed by atoms with van der Waals surface area (Å²) in [6.07, 6.45) is 1.02. The average molecular weight is 281 g/mol. The smallest absolute Gasteiger partial charge is 0.0949 e. The average Bonchev–Trinajstić information content (AvgIpc) is 2.77. The molecule has 0 aliphatic rings. The van der Waals surface area contributed by atoms with E-state index >= 15 is 0 Å². The second-order valence-electron chi connectivity index (χ2n) is 4.71. The lowest BCUT2D eigenvalue weighted by Gasteiger charge is -2.12. The molecule has 0 fully saturated rings. The largest absolute Gasteiger partial charge is 0.396 e. The maximum atomic E-state index is 9.01. The Morgan fingerprint density at radius 1 is 1.33 bits per heavy atom. The number of rotatable bonds is 6. The normalized spacial score (nSPS) is 14.8. The van der Waals surface area contributed by atoms with E-state index < -0.39 is 0 Å². The van der Waals surface area contributed by atoms with Crippen LogP contribution in [-0.2, 0) is 6.42 Å². The Kier molecular flexibility index (Phi) is 5.03. The number of para-hydroxylation sites is 1. The van der Waals surface area contributed by atoms with E-state index in [1.165, 1.54) is 9.71 Å². The van der Waals surface area contributed by atoms with Crippen LogP contribution in [0.2, 0.25) is 0 Å². The Labute approximate surface area is 116 Å². The number of aliphatic hydroxyl groups is 1. The number of nitrogens with zero attached hydrogens (tertiary/aromatic N) is 1. The summed E-state index contributed by atoms with van der Waals surface area (Å²) in [5.41, 5.74) is 1.11. The molecule has 0 aliphatic heterocycles. The maximum Gasteiger partial charge on any atom is 0.0949 e. The van der Waals surface area contributed by atoms with E-state index in [2.05, 4.69) is 37.0 Å². The maximum absolute atomic E-state index is 9.01. The van der Waals surface area contributed by atoms with Gasteiger partial charge in [-0.2, -0.15) is 11.8 Å². The van der Waals surface area contributed by atoms with Crippen LogP contribution in [0.1, 0.15) is 18.9 Å². The fraction of sp³-hybridized carbons (Fsp3) is 0.500. The zero-order valence-corrected chi connectivity index (χ0v) is 12.4. The number of aromatic nitrogens is 1. The molecule has 1 aromatic carbocycles. The van der Waals surface area contributed by atoms with Gasteiger partial charge in [0.1, 0.15) is 0 Å². The van der Waals surface area contributed by atoms with Gasteiger partial charge in [-0.25, -0.2) is 4.98 Å². The summed E-state index contributed by atoms with van der Waals surface area (Å²) in [5.74, 6) is 1.40. The highest BCUT2D eigenvalue weighted by Crippen LogP contribution is 2.25. The van der Waals surface area contributed by atoms with Crippen molar-refractivity contribution in [3.05, 3.63) is 29.3 Å². The molecule has 0 spiro atoms. The molecule has 0 saturated carbocycles. The Morgan fingerprint density at radius 3 is 2.83 bits per heavy atom. The molecule has 2 rings (SSSR count). The molecule has 2 unspecified atom stereocenters. The van der Waals surface area contributed by atoms with Gasteiger partial charge in [-0.05, 0) is 23.8 Å². The molecule has 98 valence electrons. The molecule has 1 N–H and O–H groups in total. The van der Waals surface area contributed by atoms with Crippen LogP contribution in [0.15, 0.2) is 24.3 Å². The van der Waals surface area contributed by atoms with Crippen LogP contribution in [0.3, 0.4) is 0 Å². The summed E-state index contributed by atoms with van der Waals surface area (Å²) in [4.78, 5) is 4.66. The van der Waals surface area contributed by atoms with E-state index in [4.69, 9.17) is 5.11 Å². The summed E-state index contributed by atoms with van der Waals surface area (Å²) < 4.78 is 1.27. The molecule has 0 amide bonds. The first-order valence-corrected chi connectivity index (χ1v) is 8.12. The topological polar surface area (TPSA) is 33.1 Å². The van der Waals surface area contributed by atoms with Crippen molar-refractivity contribution in [2.24, 2.45) is 5.92 Å². The third-order valence-corrected chi connectivity index (χ3v) is 5.33. The van der Waals surface area contributed by atoms with Gasteiger partial charge in [0.05, 0.1) is 15.2 Å². The van der Waals surface area contributed by atoms with Gasteiger partial charge in [-0.3, -0.25) is 0 Å². The third-order valence-electron chi connectivity index (χ3n) is 2.78. The molecular weight excluding hydrogens is 262 g/mol. The zero-order valence-electron chi connectivity index (χ0n) is 10.8. The van der Waals surface area contributed by atoms with Crippen LogP contribution in [0, 0.1) is 5.92 Å². The highest BCUT2D eigenvalue weighted by atomic mass is 32.2. The van der Waals surface area contributed by atoms with Gasteiger partial charge in [0.25, 0.3) is 0 Å². The number of aliphatic hydroxyl groups excluding tert-OH is 1. The number of fused-ring (bicyclic) bond motifs is 1. The minimum atomic E-state index is 0.279. The lowest BCUT2D eigenvalue weighted by Crippen LogP contribution is -2.09. The first-order valence-electron chi connectivity index (χ1n) is 6.26. The Bertz CT molecular complexity index is 464. The van der Waals surface area contributed by atoms with Gasteiger partial charge in [0.15, 0.2) is 0 Å². The van der Waals surface area contributed by atoms with Gasteiger partial charge >= 0.3 is 0 Å². The van der Waals surface area contributed by atoms with Crippen LogP contribution in [0.5, 0.6) is 0 Å². The molecule has 0 aliphatic carbocycles. The monoisotopic (exact) mass is 281 g/mol. The second-order valence-corrected chi connectivity index (χ2v) is 7.30. The standard InChI is InChI=1S/C14H19NOS2/c1-10(8-16)9-17-11(2)7-14-15-12-5-3-4-6-13(12)18-14/h3-6,10-11,16H,7-9H2,1-2H3. The van der Waals surface area contributed by atoms with Crippen LogP contribution < -0.4 is 0 Å². The summed E-state index contributed by atoms with van der Waals surface area (Å²) in [6, 6.07) is 8.29. The van der Waals surface area contributed by atoms with E-state index in [0.717, 1.165) is 17.7 Å². The van der Waals surface area contributed by atoms with Crippen molar-refractivity contribution < 1.29 is 5.11 Å². The predicted octanol–water partition coefficient (Wildman–Crippen LogP) is 3.59. The Hall–Kier alpha value is -0.580. The SMILES string of the molecule is CC(CO)CSC(C)Cc1nc2ccccc2s1. The first kappa shape index (κ1) is 13.8. The van der Waals surface area contributed by atoms with E-state index in [1.807, 2.05) is 17.8 Å².